The number of aromatic nitrogens is 1. The van der Waals surface area contributed by atoms with Crippen LogP contribution in [0.1, 0.15) is 18.0 Å². The lowest BCUT2D eigenvalue weighted by Gasteiger charge is -2.24. The molecular formula is C17H26N4O4. The smallest absolute Gasteiger partial charge is 0.226 e. The van der Waals surface area contributed by atoms with Crippen molar-refractivity contribution < 1.29 is 19.1 Å². The van der Waals surface area contributed by atoms with Crippen molar-refractivity contribution in [1.29, 1.82) is 0 Å². The van der Waals surface area contributed by atoms with Gasteiger partial charge >= 0.3 is 0 Å². The van der Waals surface area contributed by atoms with Crippen LogP contribution in [-0.2, 0) is 19.1 Å². The molecule has 1 aliphatic heterocycles. The SMILES string of the molecule is CN1C(=O)CC(C(=O)NCCOCCOCCN)C1c1cccnc1. The lowest BCUT2D eigenvalue weighted by atomic mass is 9.94. The van der Waals surface area contributed by atoms with Gasteiger partial charge in [-0.3, -0.25) is 14.6 Å². The molecule has 0 aromatic carbocycles. The van der Waals surface area contributed by atoms with Crippen LogP contribution in [0.4, 0.5) is 0 Å². The Morgan fingerprint density at radius 2 is 2.12 bits per heavy atom. The zero-order chi connectivity index (χ0) is 18.1. The van der Waals surface area contributed by atoms with Gasteiger partial charge in [0.15, 0.2) is 0 Å². The first-order chi connectivity index (χ1) is 12.1. The lowest BCUT2D eigenvalue weighted by molar-refractivity contribution is -0.128. The molecule has 8 nitrogen and oxygen atoms in total. The maximum absolute atomic E-state index is 12.5. The van der Waals surface area contributed by atoms with Gasteiger partial charge < -0.3 is 25.4 Å². The summed E-state index contributed by atoms with van der Waals surface area (Å²) in [6.45, 7) is 2.73. The Morgan fingerprint density at radius 1 is 1.36 bits per heavy atom. The van der Waals surface area contributed by atoms with Crippen LogP contribution in [-0.4, -0.2) is 68.3 Å². The van der Waals surface area contributed by atoms with E-state index in [4.69, 9.17) is 15.2 Å². The van der Waals surface area contributed by atoms with Crippen molar-refractivity contribution in [2.45, 2.75) is 12.5 Å². The quantitative estimate of drug-likeness (QED) is 0.562. The summed E-state index contributed by atoms with van der Waals surface area (Å²) in [5.74, 6) is -0.605. The number of rotatable bonds is 10. The van der Waals surface area contributed by atoms with Crippen LogP contribution in [0.2, 0.25) is 0 Å². The van der Waals surface area contributed by atoms with Crippen molar-refractivity contribution in [3.63, 3.8) is 0 Å². The molecule has 2 rings (SSSR count). The second-order valence-corrected chi connectivity index (χ2v) is 5.85. The molecule has 0 aliphatic carbocycles. The summed E-state index contributed by atoms with van der Waals surface area (Å²) in [5.41, 5.74) is 6.18. The molecule has 0 bridgehead atoms. The third-order valence-electron chi connectivity index (χ3n) is 4.13. The molecule has 3 N–H and O–H groups in total. The van der Waals surface area contributed by atoms with E-state index in [0.717, 1.165) is 5.56 Å². The van der Waals surface area contributed by atoms with Gasteiger partial charge in [0.1, 0.15) is 0 Å². The predicted octanol–water partition coefficient (Wildman–Crippen LogP) is -0.291. The Morgan fingerprint density at radius 3 is 2.80 bits per heavy atom. The molecule has 1 aromatic heterocycles. The third-order valence-corrected chi connectivity index (χ3v) is 4.13. The number of carbonyl (C=O) groups excluding carboxylic acids is 2. The Bertz CT molecular complexity index is 555. The van der Waals surface area contributed by atoms with Gasteiger partial charge in [0, 0.05) is 39.0 Å². The van der Waals surface area contributed by atoms with Gasteiger partial charge in [-0.25, -0.2) is 0 Å². The van der Waals surface area contributed by atoms with Crippen LogP contribution in [0.25, 0.3) is 0 Å². The van der Waals surface area contributed by atoms with Crippen molar-refractivity contribution in [3.05, 3.63) is 30.1 Å². The number of carbonyl (C=O) groups is 2. The highest BCUT2D eigenvalue weighted by Crippen LogP contribution is 2.36. The third kappa shape index (κ3) is 5.48. The summed E-state index contributed by atoms with van der Waals surface area (Å²) in [6.07, 6.45) is 3.57. The summed E-state index contributed by atoms with van der Waals surface area (Å²) in [5, 5.41) is 2.84. The van der Waals surface area contributed by atoms with Crippen LogP contribution in [0.3, 0.4) is 0 Å². The number of nitrogens with zero attached hydrogens (tertiary/aromatic N) is 2. The highest BCUT2D eigenvalue weighted by Gasteiger charge is 2.42. The maximum Gasteiger partial charge on any atom is 0.226 e. The number of hydrogen-bond donors (Lipinski definition) is 2. The number of ether oxygens (including phenoxy) is 2. The van der Waals surface area contributed by atoms with E-state index in [1.165, 1.54) is 0 Å². The Kier molecular flexibility index (Phi) is 7.77. The van der Waals surface area contributed by atoms with Crippen molar-refractivity contribution >= 4 is 11.8 Å². The zero-order valence-corrected chi connectivity index (χ0v) is 14.5. The standard InChI is InChI=1S/C17H26N4O4/c1-21-15(22)11-14(16(21)13-3-2-5-19-12-13)17(23)20-6-8-25-10-9-24-7-4-18/h2-3,5,12,14,16H,4,6-11,18H2,1H3,(H,20,23). The van der Waals surface area contributed by atoms with E-state index in [9.17, 15) is 9.59 Å². The average Bonchev–Trinajstić information content (AvgIpc) is 2.93. The van der Waals surface area contributed by atoms with E-state index in [-0.39, 0.29) is 24.3 Å². The molecule has 1 saturated heterocycles. The van der Waals surface area contributed by atoms with Crippen LogP contribution >= 0.6 is 0 Å². The second-order valence-electron chi connectivity index (χ2n) is 5.85. The van der Waals surface area contributed by atoms with E-state index in [1.54, 1.807) is 24.3 Å². The molecule has 2 unspecified atom stereocenters. The van der Waals surface area contributed by atoms with Crippen LogP contribution in [0.5, 0.6) is 0 Å². The maximum atomic E-state index is 12.5. The first kappa shape index (κ1) is 19.3. The Hall–Kier alpha value is -2.03. The fraction of sp³-hybridized carbons (Fsp3) is 0.588. The van der Waals surface area contributed by atoms with Gasteiger partial charge in [-0.1, -0.05) is 6.07 Å². The van der Waals surface area contributed by atoms with Crippen LogP contribution < -0.4 is 11.1 Å². The van der Waals surface area contributed by atoms with Gasteiger partial charge in [0.2, 0.25) is 11.8 Å². The van der Waals surface area contributed by atoms with Crippen molar-refractivity contribution in [2.75, 3.05) is 46.6 Å². The first-order valence-corrected chi connectivity index (χ1v) is 8.44. The molecule has 2 amide bonds. The van der Waals surface area contributed by atoms with Crippen molar-refractivity contribution in [3.8, 4) is 0 Å². The molecule has 2 heterocycles. The van der Waals surface area contributed by atoms with Gasteiger partial charge in [-0.2, -0.15) is 0 Å². The zero-order valence-electron chi connectivity index (χ0n) is 14.5. The summed E-state index contributed by atoms with van der Waals surface area (Å²) in [6, 6.07) is 3.41. The minimum Gasteiger partial charge on any atom is -0.378 e. The monoisotopic (exact) mass is 350 g/mol. The van der Waals surface area contributed by atoms with Crippen LogP contribution in [0, 0.1) is 5.92 Å². The molecule has 0 radical (unpaired) electrons. The molecule has 1 aromatic rings. The fourth-order valence-electron chi connectivity index (χ4n) is 2.89. The second kappa shape index (κ2) is 10.1. The molecule has 138 valence electrons. The van der Waals surface area contributed by atoms with E-state index in [0.29, 0.717) is 39.5 Å². The molecule has 1 aliphatic rings. The molecule has 8 heteroatoms. The summed E-state index contributed by atoms with van der Waals surface area (Å²) >= 11 is 0. The van der Waals surface area contributed by atoms with E-state index in [1.807, 2.05) is 12.1 Å². The van der Waals surface area contributed by atoms with E-state index >= 15 is 0 Å². The summed E-state index contributed by atoms with van der Waals surface area (Å²) in [4.78, 5) is 30.2. The lowest BCUT2D eigenvalue weighted by Crippen LogP contribution is -2.36. The van der Waals surface area contributed by atoms with Crippen molar-refractivity contribution in [2.24, 2.45) is 11.7 Å². The van der Waals surface area contributed by atoms with Gasteiger partial charge in [0.05, 0.1) is 38.4 Å². The fourth-order valence-corrected chi connectivity index (χ4v) is 2.89. The number of nitrogens with two attached hydrogens (primary N) is 1. The minimum atomic E-state index is -0.422. The molecule has 25 heavy (non-hydrogen) atoms. The predicted molar refractivity (Wildman–Crippen MR) is 91.6 cm³/mol. The summed E-state index contributed by atoms with van der Waals surface area (Å²) < 4.78 is 10.6. The van der Waals surface area contributed by atoms with Gasteiger partial charge in [-0.05, 0) is 11.6 Å². The van der Waals surface area contributed by atoms with Gasteiger partial charge in [-0.15, -0.1) is 0 Å². The summed E-state index contributed by atoms with van der Waals surface area (Å²) in [7, 11) is 1.72. The molecular weight excluding hydrogens is 324 g/mol. The Balaban J connectivity index is 1.78. The normalized spacial score (nSPS) is 20.1. The number of amides is 2. The topological polar surface area (TPSA) is 107 Å². The molecule has 0 spiro atoms. The number of pyridine rings is 1. The highest BCUT2D eigenvalue weighted by atomic mass is 16.5. The van der Waals surface area contributed by atoms with Crippen LogP contribution in [0.15, 0.2) is 24.5 Å². The Labute approximate surface area is 147 Å². The molecule has 2 atom stereocenters. The molecule has 0 saturated carbocycles. The first-order valence-electron chi connectivity index (χ1n) is 8.44. The van der Waals surface area contributed by atoms with Gasteiger partial charge in [0.25, 0.3) is 0 Å². The van der Waals surface area contributed by atoms with E-state index in [2.05, 4.69) is 10.3 Å². The number of nitrogens with one attached hydrogen (secondary N) is 1. The largest absolute Gasteiger partial charge is 0.378 e. The minimum absolute atomic E-state index is 0.0395. The van der Waals surface area contributed by atoms with E-state index < -0.39 is 5.92 Å². The number of hydrogen-bond acceptors (Lipinski definition) is 6. The number of likely N-dealkylation sites (tertiary alicyclic amines) is 1. The van der Waals surface area contributed by atoms with Crippen molar-refractivity contribution in [1.82, 2.24) is 15.2 Å². The highest BCUT2D eigenvalue weighted by molar-refractivity contribution is 5.90. The average molecular weight is 350 g/mol. The molecule has 1 fully saturated rings.